The van der Waals surface area contributed by atoms with Crippen LogP contribution < -0.4 is 0 Å². The third kappa shape index (κ3) is 5.04. The van der Waals surface area contributed by atoms with Crippen LogP contribution in [0.25, 0.3) is 77.2 Å². The molecule has 0 aliphatic carbocycles. The lowest BCUT2D eigenvalue weighted by atomic mass is 9.87. The van der Waals surface area contributed by atoms with Crippen LogP contribution in [0.5, 0.6) is 0 Å². The van der Waals surface area contributed by atoms with E-state index in [2.05, 4.69) is 156 Å². The molecule has 218 valence electrons. The van der Waals surface area contributed by atoms with Crippen LogP contribution in [0.3, 0.4) is 0 Å². The van der Waals surface area contributed by atoms with E-state index >= 15 is 0 Å². The SMILES string of the molecule is Cc1cc(-c2ccc(-c3ccc(-c4ccc(-c5cccc(-c6ccnc(C)c6)c5)c5ccccc45)c4ccccc34)cc2)ccn1. The first-order valence-electron chi connectivity index (χ1n) is 15.7. The van der Waals surface area contributed by atoms with Gasteiger partial charge in [0.1, 0.15) is 0 Å². The van der Waals surface area contributed by atoms with E-state index < -0.39 is 0 Å². The molecule has 0 saturated heterocycles. The van der Waals surface area contributed by atoms with Gasteiger partial charge in [0, 0.05) is 23.8 Å². The van der Waals surface area contributed by atoms with Gasteiger partial charge in [-0.25, -0.2) is 0 Å². The van der Waals surface area contributed by atoms with Gasteiger partial charge < -0.3 is 0 Å². The molecular formula is C44H32N2. The van der Waals surface area contributed by atoms with Crippen molar-refractivity contribution < 1.29 is 0 Å². The molecular weight excluding hydrogens is 556 g/mol. The van der Waals surface area contributed by atoms with Gasteiger partial charge >= 0.3 is 0 Å². The maximum atomic E-state index is 4.38. The van der Waals surface area contributed by atoms with Gasteiger partial charge in [0.25, 0.3) is 0 Å². The van der Waals surface area contributed by atoms with Crippen LogP contribution in [0.4, 0.5) is 0 Å². The topological polar surface area (TPSA) is 25.8 Å². The average molecular weight is 589 g/mol. The minimum atomic E-state index is 1.02. The zero-order valence-corrected chi connectivity index (χ0v) is 25.9. The summed E-state index contributed by atoms with van der Waals surface area (Å²) in [7, 11) is 0. The summed E-state index contributed by atoms with van der Waals surface area (Å²) in [5.74, 6) is 0. The number of aromatic nitrogens is 2. The zero-order valence-electron chi connectivity index (χ0n) is 25.9. The molecule has 0 aliphatic rings. The molecule has 8 rings (SSSR count). The average Bonchev–Trinajstić information content (AvgIpc) is 3.11. The van der Waals surface area contributed by atoms with Gasteiger partial charge in [-0.15, -0.1) is 0 Å². The van der Waals surface area contributed by atoms with Gasteiger partial charge in [-0.05, 0) is 121 Å². The molecule has 0 fully saturated rings. The minimum Gasteiger partial charge on any atom is -0.262 e. The molecule has 0 saturated carbocycles. The zero-order chi connectivity index (χ0) is 31.0. The van der Waals surface area contributed by atoms with Gasteiger partial charge in [0.05, 0.1) is 0 Å². The Morgan fingerprint density at radius 1 is 0.304 bits per heavy atom. The van der Waals surface area contributed by atoms with E-state index in [1.54, 1.807) is 0 Å². The Kier molecular flexibility index (Phi) is 6.96. The minimum absolute atomic E-state index is 1.02. The first kappa shape index (κ1) is 27.7. The highest BCUT2D eigenvalue weighted by Crippen LogP contribution is 2.41. The Morgan fingerprint density at radius 3 is 1.26 bits per heavy atom. The van der Waals surface area contributed by atoms with Crippen LogP contribution >= 0.6 is 0 Å². The Hall–Kier alpha value is -5.86. The predicted molar refractivity (Wildman–Crippen MR) is 194 cm³/mol. The summed E-state index contributed by atoms with van der Waals surface area (Å²) < 4.78 is 0. The first-order chi connectivity index (χ1) is 22.6. The van der Waals surface area contributed by atoms with E-state index in [0.29, 0.717) is 0 Å². The summed E-state index contributed by atoms with van der Waals surface area (Å²) in [5, 5.41) is 5.00. The Bertz CT molecular complexity index is 2380. The van der Waals surface area contributed by atoms with Crippen molar-refractivity contribution in [3.05, 3.63) is 169 Å². The standard InChI is InChI=1S/C44H32N2/c1-29-26-34(22-24-45-29)31-14-16-32(17-15-31)37-18-20-43(41-12-5-3-10-39(37)41)44-21-19-38(40-11-4-6-13-42(40)44)36-9-7-8-33(28-36)35-23-25-46-30(2)27-35/h3-28H,1-2H3. The van der Waals surface area contributed by atoms with Gasteiger partial charge in [0.15, 0.2) is 0 Å². The van der Waals surface area contributed by atoms with Crippen molar-refractivity contribution in [2.24, 2.45) is 0 Å². The van der Waals surface area contributed by atoms with Gasteiger partial charge in [-0.2, -0.15) is 0 Å². The van der Waals surface area contributed by atoms with E-state index in [1.807, 2.05) is 26.2 Å². The fourth-order valence-corrected chi connectivity index (χ4v) is 6.73. The fraction of sp³-hybridized carbons (Fsp3) is 0.0455. The molecule has 2 nitrogen and oxygen atoms in total. The van der Waals surface area contributed by atoms with Crippen LogP contribution in [0.15, 0.2) is 158 Å². The van der Waals surface area contributed by atoms with Gasteiger partial charge in [0.2, 0.25) is 0 Å². The van der Waals surface area contributed by atoms with Gasteiger partial charge in [-0.1, -0.05) is 115 Å². The normalized spacial score (nSPS) is 11.3. The third-order valence-electron chi connectivity index (χ3n) is 8.97. The van der Waals surface area contributed by atoms with Crippen molar-refractivity contribution >= 4 is 21.5 Å². The van der Waals surface area contributed by atoms with Crippen LogP contribution in [-0.4, -0.2) is 9.97 Å². The molecule has 0 amide bonds. The maximum absolute atomic E-state index is 4.38. The number of fused-ring (bicyclic) bond motifs is 2. The van der Waals surface area contributed by atoms with Crippen molar-refractivity contribution in [2.75, 3.05) is 0 Å². The first-order valence-corrected chi connectivity index (χ1v) is 15.7. The second kappa shape index (κ2) is 11.6. The number of hydrogen-bond acceptors (Lipinski definition) is 2. The van der Waals surface area contributed by atoms with Crippen LogP contribution in [0, 0.1) is 13.8 Å². The van der Waals surface area contributed by atoms with E-state index in [9.17, 15) is 0 Å². The highest BCUT2D eigenvalue weighted by atomic mass is 14.7. The van der Waals surface area contributed by atoms with E-state index in [1.165, 1.54) is 77.2 Å². The molecule has 6 aromatic carbocycles. The highest BCUT2D eigenvalue weighted by molar-refractivity contribution is 6.12. The van der Waals surface area contributed by atoms with Crippen molar-refractivity contribution in [2.45, 2.75) is 13.8 Å². The molecule has 0 unspecified atom stereocenters. The van der Waals surface area contributed by atoms with Crippen molar-refractivity contribution in [1.82, 2.24) is 9.97 Å². The summed E-state index contributed by atoms with van der Waals surface area (Å²) in [6.07, 6.45) is 3.76. The second-order valence-electron chi connectivity index (χ2n) is 11.9. The summed E-state index contributed by atoms with van der Waals surface area (Å²) in [6, 6.07) is 52.9. The molecule has 2 aromatic heterocycles. The van der Waals surface area contributed by atoms with Crippen LogP contribution in [0.1, 0.15) is 11.4 Å². The molecule has 0 bridgehead atoms. The Morgan fingerprint density at radius 2 is 0.717 bits per heavy atom. The summed E-state index contributed by atoms with van der Waals surface area (Å²) in [6.45, 7) is 4.07. The summed E-state index contributed by atoms with van der Waals surface area (Å²) in [4.78, 5) is 8.74. The molecule has 0 N–H and O–H groups in total. The van der Waals surface area contributed by atoms with Crippen molar-refractivity contribution in [3.63, 3.8) is 0 Å². The second-order valence-corrected chi connectivity index (χ2v) is 11.9. The monoisotopic (exact) mass is 588 g/mol. The molecule has 0 radical (unpaired) electrons. The van der Waals surface area contributed by atoms with Gasteiger partial charge in [-0.3, -0.25) is 9.97 Å². The van der Waals surface area contributed by atoms with E-state index in [-0.39, 0.29) is 0 Å². The number of hydrogen-bond donors (Lipinski definition) is 0. The number of pyridine rings is 2. The smallest absolute Gasteiger partial charge is 0.0378 e. The van der Waals surface area contributed by atoms with Crippen LogP contribution in [0.2, 0.25) is 0 Å². The molecule has 2 heteroatoms. The lowest BCUT2D eigenvalue weighted by Gasteiger charge is -2.16. The molecule has 0 aliphatic heterocycles. The third-order valence-corrected chi connectivity index (χ3v) is 8.97. The number of rotatable bonds is 5. The largest absolute Gasteiger partial charge is 0.262 e. The quantitative estimate of drug-likeness (QED) is 0.200. The molecule has 0 atom stereocenters. The maximum Gasteiger partial charge on any atom is 0.0378 e. The van der Waals surface area contributed by atoms with Crippen LogP contribution in [-0.2, 0) is 0 Å². The predicted octanol–water partition coefficient (Wildman–Crippen LogP) is 11.7. The number of benzene rings is 6. The number of aryl methyl sites for hydroxylation is 2. The lowest BCUT2D eigenvalue weighted by molar-refractivity contribution is 1.20. The molecule has 46 heavy (non-hydrogen) atoms. The highest BCUT2D eigenvalue weighted by Gasteiger charge is 2.14. The summed E-state index contributed by atoms with van der Waals surface area (Å²) in [5.41, 5.74) is 14.2. The van der Waals surface area contributed by atoms with E-state index in [0.717, 1.165) is 11.4 Å². The van der Waals surface area contributed by atoms with E-state index in [4.69, 9.17) is 0 Å². The lowest BCUT2D eigenvalue weighted by Crippen LogP contribution is -1.90. The van der Waals surface area contributed by atoms with Crippen molar-refractivity contribution in [1.29, 1.82) is 0 Å². The summed E-state index contributed by atoms with van der Waals surface area (Å²) >= 11 is 0. The molecule has 0 spiro atoms. The fourth-order valence-electron chi connectivity index (χ4n) is 6.73. The Labute approximate surface area is 269 Å². The number of nitrogens with zero attached hydrogens (tertiary/aromatic N) is 2. The Balaban J connectivity index is 1.22. The molecule has 8 aromatic rings. The molecule has 2 heterocycles. The van der Waals surface area contributed by atoms with Crippen molar-refractivity contribution in [3.8, 4) is 55.6 Å².